The van der Waals surface area contributed by atoms with Crippen LogP contribution in [0.4, 0.5) is 5.82 Å². The number of aryl methyl sites for hydroxylation is 1. The van der Waals surface area contributed by atoms with Crippen molar-refractivity contribution in [3.8, 4) is 0 Å². The molecular weight excluding hydrogens is 340 g/mol. The van der Waals surface area contributed by atoms with Gasteiger partial charge in [0.25, 0.3) is 0 Å². The van der Waals surface area contributed by atoms with Crippen LogP contribution in [0.15, 0.2) is 30.3 Å². The zero-order valence-corrected chi connectivity index (χ0v) is 16.2. The second-order valence-electron chi connectivity index (χ2n) is 7.50. The third kappa shape index (κ3) is 2.90. The maximum atomic E-state index is 12.9. The minimum atomic E-state index is -0.667. The number of methoxy groups -OCH3 is 1. The summed E-state index contributed by atoms with van der Waals surface area (Å²) >= 11 is 0. The highest BCUT2D eigenvalue weighted by molar-refractivity contribution is 5.86. The normalized spacial score (nSPS) is 21.8. The molecule has 1 fully saturated rings. The number of benzene rings is 1. The van der Waals surface area contributed by atoms with Crippen molar-refractivity contribution in [2.45, 2.75) is 32.1 Å². The minimum Gasteiger partial charge on any atom is -0.468 e. The Bertz CT molecular complexity index is 860. The van der Waals surface area contributed by atoms with Crippen LogP contribution in [0, 0.1) is 13.8 Å². The van der Waals surface area contributed by atoms with Gasteiger partial charge in [-0.25, -0.2) is 4.98 Å². The SMILES string of the molecule is COC(=O)C1(c2ccccc2)Cc2c(C)nc(N3CCOCC3)c(C)c2C1. The second-order valence-corrected chi connectivity index (χ2v) is 7.50. The molecule has 5 heteroatoms. The third-order valence-corrected chi connectivity index (χ3v) is 6.03. The Morgan fingerprint density at radius 2 is 1.78 bits per heavy atom. The Hall–Kier alpha value is -2.40. The van der Waals surface area contributed by atoms with Crippen LogP contribution in [0.3, 0.4) is 0 Å². The Morgan fingerprint density at radius 1 is 1.11 bits per heavy atom. The molecule has 0 spiro atoms. The summed E-state index contributed by atoms with van der Waals surface area (Å²) in [5.74, 6) is 0.861. The number of hydrogen-bond acceptors (Lipinski definition) is 5. The molecule has 2 aliphatic rings. The highest BCUT2D eigenvalue weighted by Crippen LogP contribution is 2.44. The lowest BCUT2D eigenvalue weighted by Gasteiger charge is -2.30. The van der Waals surface area contributed by atoms with Crippen LogP contribution in [0.2, 0.25) is 0 Å². The van der Waals surface area contributed by atoms with Gasteiger partial charge in [-0.2, -0.15) is 0 Å². The molecule has 4 rings (SSSR count). The smallest absolute Gasteiger partial charge is 0.316 e. The summed E-state index contributed by atoms with van der Waals surface area (Å²) in [6, 6.07) is 10.0. The Morgan fingerprint density at radius 3 is 2.44 bits per heavy atom. The average Bonchev–Trinajstić information content (AvgIpc) is 3.14. The summed E-state index contributed by atoms with van der Waals surface area (Å²) in [7, 11) is 1.48. The van der Waals surface area contributed by atoms with Crippen LogP contribution in [-0.4, -0.2) is 44.4 Å². The standard InChI is InChI=1S/C22H26N2O3/c1-15-18-13-22(21(25)26-3,17-7-5-4-6-8-17)14-19(18)16(2)23-20(15)24-9-11-27-12-10-24/h4-8H,9-14H2,1-3H3. The predicted octanol–water partition coefficient (Wildman–Crippen LogP) is 2.74. The molecule has 0 bridgehead atoms. The number of carbonyl (C=O) groups excluding carboxylic acids is 1. The molecule has 2 heterocycles. The highest BCUT2D eigenvalue weighted by atomic mass is 16.5. The van der Waals surface area contributed by atoms with Crippen LogP contribution in [-0.2, 0) is 32.5 Å². The van der Waals surface area contributed by atoms with Gasteiger partial charge < -0.3 is 14.4 Å². The van der Waals surface area contributed by atoms with E-state index in [0.717, 1.165) is 43.4 Å². The van der Waals surface area contributed by atoms with Crippen molar-refractivity contribution in [2.24, 2.45) is 0 Å². The average molecular weight is 366 g/mol. The summed E-state index contributed by atoms with van der Waals surface area (Å²) in [6.45, 7) is 7.36. The van der Waals surface area contributed by atoms with Crippen molar-refractivity contribution in [3.63, 3.8) is 0 Å². The zero-order valence-electron chi connectivity index (χ0n) is 16.2. The van der Waals surface area contributed by atoms with Gasteiger partial charge in [0.15, 0.2) is 0 Å². The second kappa shape index (κ2) is 6.97. The zero-order chi connectivity index (χ0) is 19.0. The van der Waals surface area contributed by atoms with Gasteiger partial charge in [-0.3, -0.25) is 4.79 Å². The van der Waals surface area contributed by atoms with Gasteiger partial charge in [0.1, 0.15) is 11.2 Å². The fourth-order valence-corrected chi connectivity index (χ4v) is 4.53. The predicted molar refractivity (Wildman–Crippen MR) is 104 cm³/mol. The fourth-order valence-electron chi connectivity index (χ4n) is 4.53. The first-order valence-corrected chi connectivity index (χ1v) is 9.52. The Balaban J connectivity index is 1.80. The third-order valence-electron chi connectivity index (χ3n) is 6.03. The van der Waals surface area contributed by atoms with Crippen molar-refractivity contribution >= 4 is 11.8 Å². The molecule has 0 N–H and O–H groups in total. The summed E-state index contributed by atoms with van der Waals surface area (Å²) in [4.78, 5) is 20.2. The van der Waals surface area contributed by atoms with Crippen molar-refractivity contribution in [1.82, 2.24) is 4.98 Å². The van der Waals surface area contributed by atoms with Crippen LogP contribution in [0.5, 0.6) is 0 Å². The summed E-state index contributed by atoms with van der Waals surface area (Å²) in [6.07, 6.45) is 1.30. The molecule has 0 amide bonds. The van der Waals surface area contributed by atoms with E-state index in [2.05, 4.69) is 18.7 Å². The molecule has 1 saturated heterocycles. The van der Waals surface area contributed by atoms with E-state index in [1.807, 2.05) is 30.3 Å². The molecule has 2 aromatic rings. The first-order chi connectivity index (χ1) is 13.1. The number of rotatable bonds is 3. The molecule has 1 aromatic heterocycles. The number of pyridine rings is 1. The molecule has 1 aliphatic heterocycles. The summed E-state index contributed by atoms with van der Waals surface area (Å²) in [5, 5.41) is 0. The van der Waals surface area contributed by atoms with E-state index < -0.39 is 5.41 Å². The molecule has 0 saturated carbocycles. The van der Waals surface area contributed by atoms with Crippen LogP contribution in [0.25, 0.3) is 0 Å². The number of ether oxygens (including phenoxy) is 2. The Labute approximate surface area is 160 Å². The topological polar surface area (TPSA) is 51.7 Å². The lowest BCUT2D eigenvalue weighted by atomic mass is 9.77. The summed E-state index contributed by atoms with van der Waals surface area (Å²) in [5.41, 5.74) is 4.98. The van der Waals surface area contributed by atoms with Crippen molar-refractivity contribution < 1.29 is 14.3 Å². The molecule has 27 heavy (non-hydrogen) atoms. The van der Waals surface area contributed by atoms with Gasteiger partial charge in [0, 0.05) is 18.8 Å². The van der Waals surface area contributed by atoms with Crippen LogP contribution < -0.4 is 4.90 Å². The molecule has 1 atom stereocenters. The maximum absolute atomic E-state index is 12.9. The van der Waals surface area contributed by atoms with Gasteiger partial charge in [-0.05, 0) is 48.9 Å². The van der Waals surface area contributed by atoms with Crippen molar-refractivity contribution in [1.29, 1.82) is 0 Å². The molecule has 0 radical (unpaired) electrons. The van der Waals surface area contributed by atoms with Gasteiger partial charge >= 0.3 is 5.97 Å². The van der Waals surface area contributed by atoms with E-state index in [4.69, 9.17) is 14.5 Å². The molecule has 142 valence electrons. The lowest BCUT2D eigenvalue weighted by Crippen LogP contribution is -2.38. The number of hydrogen-bond donors (Lipinski definition) is 0. The number of fused-ring (bicyclic) bond motifs is 1. The van der Waals surface area contributed by atoms with E-state index in [9.17, 15) is 4.79 Å². The summed E-state index contributed by atoms with van der Waals surface area (Å²) < 4.78 is 10.8. The molecule has 1 unspecified atom stereocenters. The first kappa shape index (κ1) is 18.0. The monoisotopic (exact) mass is 366 g/mol. The van der Waals surface area contributed by atoms with E-state index >= 15 is 0 Å². The number of nitrogens with zero attached hydrogens (tertiary/aromatic N) is 2. The minimum absolute atomic E-state index is 0.170. The number of anilines is 1. The largest absolute Gasteiger partial charge is 0.468 e. The number of aromatic nitrogens is 1. The van der Waals surface area contributed by atoms with Gasteiger partial charge in [0.05, 0.1) is 20.3 Å². The number of esters is 1. The van der Waals surface area contributed by atoms with E-state index in [0.29, 0.717) is 12.8 Å². The van der Waals surface area contributed by atoms with E-state index in [-0.39, 0.29) is 5.97 Å². The fraction of sp³-hybridized carbons (Fsp3) is 0.455. The van der Waals surface area contributed by atoms with Gasteiger partial charge in [-0.1, -0.05) is 30.3 Å². The molecule has 1 aromatic carbocycles. The van der Waals surface area contributed by atoms with E-state index in [1.165, 1.54) is 23.8 Å². The van der Waals surface area contributed by atoms with Crippen LogP contribution >= 0.6 is 0 Å². The maximum Gasteiger partial charge on any atom is 0.316 e. The van der Waals surface area contributed by atoms with Crippen molar-refractivity contribution in [3.05, 3.63) is 58.3 Å². The molecule has 1 aliphatic carbocycles. The molecular formula is C22H26N2O3. The number of carbonyl (C=O) groups is 1. The van der Waals surface area contributed by atoms with Gasteiger partial charge in [0.2, 0.25) is 0 Å². The first-order valence-electron chi connectivity index (χ1n) is 9.52. The van der Waals surface area contributed by atoms with E-state index in [1.54, 1.807) is 0 Å². The quantitative estimate of drug-likeness (QED) is 0.782. The highest BCUT2D eigenvalue weighted by Gasteiger charge is 2.48. The van der Waals surface area contributed by atoms with Gasteiger partial charge in [-0.15, -0.1) is 0 Å². The van der Waals surface area contributed by atoms with Crippen molar-refractivity contribution in [2.75, 3.05) is 38.3 Å². The lowest BCUT2D eigenvalue weighted by molar-refractivity contribution is -0.147. The number of morpholine rings is 1. The Kier molecular flexibility index (Phi) is 4.64. The molecule has 5 nitrogen and oxygen atoms in total. The van der Waals surface area contributed by atoms with Crippen LogP contribution in [0.1, 0.15) is 27.9 Å².